The zero-order valence-corrected chi connectivity index (χ0v) is 18.4. The number of thioether (sulfide) groups is 1. The van der Waals surface area contributed by atoms with Gasteiger partial charge in [0.1, 0.15) is 0 Å². The van der Waals surface area contributed by atoms with Gasteiger partial charge in [0, 0.05) is 28.1 Å². The van der Waals surface area contributed by atoms with Crippen molar-refractivity contribution < 1.29 is 4.79 Å². The van der Waals surface area contributed by atoms with Gasteiger partial charge in [0.05, 0.1) is 5.75 Å². The quantitative estimate of drug-likeness (QED) is 0.489. The molecule has 0 aliphatic rings. The molecule has 2 heterocycles. The van der Waals surface area contributed by atoms with Gasteiger partial charge in [-0.1, -0.05) is 50.7 Å². The lowest BCUT2D eigenvalue weighted by atomic mass is 10.1. The summed E-state index contributed by atoms with van der Waals surface area (Å²) >= 11 is 3.19. The van der Waals surface area contributed by atoms with E-state index in [4.69, 9.17) is 0 Å². The number of carbonyl (C=O) groups is 1. The Morgan fingerprint density at radius 1 is 1.29 bits per heavy atom. The molecule has 7 heteroatoms. The van der Waals surface area contributed by atoms with Crippen LogP contribution in [0.15, 0.2) is 40.9 Å². The van der Waals surface area contributed by atoms with Crippen LogP contribution in [0.3, 0.4) is 0 Å². The van der Waals surface area contributed by atoms with Gasteiger partial charge in [-0.15, -0.1) is 21.5 Å². The highest BCUT2D eigenvalue weighted by molar-refractivity contribution is 7.99. The summed E-state index contributed by atoms with van der Waals surface area (Å²) in [5.41, 5.74) is 3.00. The van der Waals surface area contributed by atoms with Crippen molar-refractivity contribution in [1.82, 2.24) is 14.8 Å². The van der Waals surface area contributed by atoms with Crippen molar-refractivity contribution in [3.63, 3.8) is 0 Å². The number of hydrogen-bond acceptors (Lipinski definition) is 5. The molecule has 0 aliphatic carbocycles. The summed E-state index contributed by atoms with van der Waals surface area (Å²) < 4.78 is 2.12. The van der Waals surface area contributed by atoms with Crippen LogP contribution in [0, 0.1) is 6.92 Å². The first-order valence-electron chi connectivity index (χ1n) is 9.49. The van der Waals surface area contributed by atoms with Gasteiger partial charge in [-0.3, -0.25) is 4.79 Å². The molecular weight excluding hydrogens is 388 g/mol. The SMILES string of the molecule is CCCn1c(SCC(=O)Nc2ccccc2C)nnc1-c1csc(C(C)C)c1. The van der Waals surface area contributed by atoms with Crippen LogP contribution in [0.4, 0.5) is 5.69 Å². The maximum Gasteiger partial charge on any atom is 0.234 e. The minimum atomic E-state index is -0.0375. The maximum atomic E-state index is 12.4. The van der Waals surface area contributed by atoms with E-state index in [2.05, 4.69) is 52.3 Å². The number of aryl methyl sites for hydroxylation is 1. The van der Waals surface area contributed by atoms with Crippen molar-refractivity contribution in [1.29, 1.82) is 0 Å². The highest BCUT2D eigenvalue weighted by Crippen LogP contribution is 2.31. The minimum absolute atomic E-state index is 0.0375. The van der Waals surface area contributed by atoms with E-state index in [0.717, 1.165) is 40.8 Å². The first kappa shape index (κ1) is 20.6. The maximum absolute atomic E-state index is 12.4. The molecule has 3 aromatic rings. The summed E-state index contributed by atoms with van der Waals surface area (Å²) in [6.07, 6.45) is 0.981. The summed E-state index contributed by atoms with van der Waals surface area (Å²) in [6.45, 7) is 9.34. The van der Waals surface area contributed by atoms with Crippen LogP contribution in [0.5, 0.6) is 0 Å². The largest absolute Gasteiger partial charge is 0.325 e. The fourth-order valence-electron chi connectivity index (χ4n) is 2.84. The zero-order chi connectivity index (χ0) is 20.1. The van der Waals surface area contributed by atoms with E-state index in [1.54, 1.807) is 11.3 Å². The molecular formula is C21H26N4OS2. The molecule has 1 amide bonds. The van der Waals surface area contributed by atoms with E-state index in [9.17, 15) is 4.79 Å². The van der Waals surface area contributed by atoms with Gasteiger partial charge in [-0.2, -0.15) is 0 Å². The molecule has 0 aliphatic heterocycles. The van der Waals surface area contributed by atoms with Gasteiger partial charge in [-0.25, -0.2) is 0 Å². The Labute approximate surface area is 174 Å². The number of para-hydroxylation sites is 1. The Bertz CT molecular complexity index is 946. The molecule has 0 atom stereocenters. The van der Waals surface area contributed by atoms with Crippen molar-refractivity contribution in [3.8, 4) is 11.4 Å². The molecule has 28 heavy (non-hydrogen) atoms. The second kappa shape index (κ2) is 9.39. The van der Waals surface area contributed by atoms with Crippen molar-refractivity contribution in [3.05, 3.63) is 46.2 Å². The number of carbonyl (C=O) groups excluding carboxylic acids is 1. The van der Waals surface area contributed by atoms with Crippen LogP contribution in [0.25, 0.3) is 11.4 Å². The molecule has 1 aromatic carbocycles. The molecule has 0 spiro atoms. The lowest BCUT2D eigenvalue weighted by molar-refractivity contribution is -0.113. The van der Waals surface area contributed by atoms with Crippen molar-refractivity contribution in [2.75, 3.05) is 11.1 Å². The van der Waals surface area contributed by atoms with Crippen molar-refractivity contribution in [2.45, 2.75) is 51.7 Å². The fourth-order valence-corrected chi connectivity index (χ4v) is 4.50. The molecule has 3 rings (SSSR count). The normalized spacial score (nSPS) is 11.2. The molecule has 148 valence electrons. The monoisotopic (exact) mass is 414 g/mol. The highest BCUT2D eigenvalue weighted by Gasteiger charge is 2.17. The van der Waals surface area contributed by atoms with E-state index in [1.807, 2.05) is 31.2 Å². The summed E-state index contributed by atoms with van der Waals surface area (Å²) in [6, 6.07) is 9.98. The summed E-state index contributed by atoms with van der Waals surface area (Å²) in [5.74, 6) is 1.65. The van der Waals surface area contributed by atoms with Crippen LogP contribution in [-0.2, 0) is 11.3 Å². The van der Waals surface area contributed by atoms with E-state index in [-0.39, 0.29) is 5.91 Å². The molecule has 0 saturated heterocycles. The Morgan fingerprint density at radius 2 is 2.07 bits per heavy atom. The molecule has 5 nitrogen and oxygen atoms in total. The number of benzene rings is 1. The van der Waals surface area contributed by atoms with Crippen LogP contribution < -0.4 is 5.32 Å². The number of hydrogen-bond donors (Lipinski definition) is 1. The fraction of sp³-hybridized carbons (Fsp3) is 0.381. The topological polar surface area (TPSA) is 59.8 Å². The lowest BCUT2D eigenvalue weighted by Gasteiger charge is -2.09. The second-order valence-electron chi connectivity index (χ2n) is 7.00. The number of nitrogens with one attached hydrogen (secondary N) is 1. The van der Waals surface area contributed by atoms with Crippen LogP contribution >= 0.6 is 23.1 Å². The average molecular weight is 415 g/mol. The number of nitrogens with zero attached hydrogens (tertiary/aromatic N) is 3. The van der Waals surface area contributed by atoms with Gasteiger partial charge in [-0.05, 0) is 37.0 Å². The van der Waals surface area contributed by atoms with Gasteiger partial charge >= 0.3 is 0 Å². The smallest absolute Gasteiger partial charge is 0.234 e. The Balaban J connectivity index is 1.72. The Hall–Kier alpha value is -2.12. The highest BCUT2D eigenvalue weighted by atomic mass is 32.2. The Morgan fingerprint density at radius 3 is 2.75 bits per heavy atom. The first-order valence-corrected chi connectivity index (χ1v) is 11.4. The number of thiophene rings is 1. The van der Waals surface area contributed by atoms with Gasteiger partial charge in [0.25, 0.3) is 0 Å². The van der Waals surface area contributed by atoms with Gasteiger partial charge < -0.3 is 9.88 Å². The molecule has 2 aromatic heterocycles. The summed E-state index contributed by atoms with van der Waals surface area (Å²) in [7, 11) is 0. The van der Waals surface area contributed by atoms with Gasteiger partial charge in [0.2, 0.25) is 5.91 Å². The third-order valence-electron chi connectivity index (χ3n) is 4.36. The van der Waals surface area contributed by atoms with Crippen LogP contribution in [0.1, 0.15) is 43.6 Å². The molecule has 0 fully saturated rings. The average Bonchev–Trinajstić information content (AvgIpc) is 3.29. The number of anilines is 1. The standard InChI is InChI=1S/C21H26N4OS2/c1-5-10-25-20(16-11-18(14(2)3)27-12-16)23-24-21(25)28-13-19(26)22-17-9-7-6-8-15(17)4/h6-9,11-12,14H,5,10,13H2,1-4H3,(H,22,26). The van der Waals surface area contributed by atoms with Crippen molar-refractivity contribution in [2.24, 2.45) is 0 Å². The number of aromatic nitrogens is 3. The van der Waals surface area contributed by atoms with E-state index >= 15 is 0 Å². The van der Waals surface area contributed by atoms with Gasteiger partial charge in [0.15, 0.2) is 11.0 Å². The molecule has 0 unspecified atom stereocenters. The third kappa shape index (κ3) is 4.83. The molecule has 1 N–H and O–H groups in total. The minimum Gasteiger partial charge on any atom is -0.325 e. The van der Waals surface area contributed by atoms with Crippen LogP contribution in [-0.4, -0.2) is 26.4 Å². The lowest BCUT2D eigenvalue weighted by Crippen LogP contribution is -2.15. The van der Waals surface area contributed by atoms with E-state index < -0.39 is 0 Å². The summed E-state index contributed by atoms with van der Waals surface area (Å²) in [4.78, 5) is 13.7. The summed E-state index contributed by atoms with van der Waals surface area (Å²) in [5, 5.41) is 14.7. The van der Waals surface area contributed by atoms with Crippen LogP contribution in [0.2, 0.25) is 0 Å². The first-order chi connectivity index (χ1) is 13.5. The molecule has 0 radical (unpaired) electrons. The second-order valence-corrected chi connectivity index (χ2v) is 8.89. The zero-order valence-electron chi connectivity index (χ0n) is 16.7. The van der Waals surface area contributed by atoms with E-state index in [1.165, 1.54) is 16.6 Å². The van der Waals surface area contributed by atoms with Crippen molar-refractivity contribution >= 4 is 34.7 Å². The van der Waals surface area contributed by atoms with E-state index in [0.29, 0.717) is 11.7 Å². The third-order valence-corrected chi connectivity index (χ3v) is 6.56. The predicted octanol–water partition coefficient (Wildman–Crippen LogP) is 5.58. The number of amides is 1. The molecule has 0 saturated carbocycles. The number of rotatable bonds is 8. The Kier molecular flexibility index (Phi) is 6.91. The molecule has 0 bridgehead atoms. The predicted molar refractivity (Wildman–Crippen MR) is 118 cm³/mol.